The summed E-state index contributed by atoms with van der Waals surface area (Å²) in [6.07, 6.45) is 2.50. The molecule has 0 radical (unpaired) electrons. The number of hydrogen-bond donors (Lipinski definition) is 1. The highest BCUT2D eigenvalue weighted by molar-refractivity contribution is 9.10. The molecule has 0 aliphatic carbocycles. The predicted octanol–water partition coefficient (Wildman–Crippen LogP) is 4.11. The van der Waals surface area contributed by atoms with Gasteiger partial charge in [0.25, 0.3) is 0 Å². The van der Waals surface area contributed by atoms with Crippen LogP contribution in [-0.2, 0) is 6.54 Å². The van der Waals surface area contributed by atoms with E-state index in [9.17, 15) is 0 Å². The lowest BCUT2D eigenvalue weighted by molar-refractivity contribution is 0.0792. The smallest absolute Gasteiger partial charge is 0.0342 e. The Morgan fingerprint density at radius 3 is 2.89 bits per heavy atom. The first-order valence-electron chi connectivity index (χ1n) is 7.32. The summed E-state index contributed by atoms with van der Waals surface area (Å²) in [7, 11) is 0. The van der Waals surface area contributed by atoms with Crippen molar-refractivity contribution in [2.24, 2.45) is 5.92 Å². The molecular formula is C15H25BrN2S. The number of piperidine rings is 1. The Balaban J connectivity index is 1.93. The Kier molecular flexibility index (Phi) is 5.87. The number of likely N-dealkylation sites (tertiary alicyclic amines) is 1. The monoisotopic (exact) mass is 344 g/mol. The fraction of sp³-hybridized carbons (Fsp3) is 0.733. The van der Waals surface area contributed by atoms with Gasteiger partial charge in [-0.3, -0.25) is 4.90 Å². The lowest BCUT2D eigenvalue weighted by atomic mass is 9.87. The zero-order valence-electron chi connectivity index (χ0n) is 12.2. The number of nitrogens with zero attached hydrogens (tertiary/aromatic N) is 1. The number of rotatable bonds is 5. The van der Waals surface area contributed by atoms with Crippen LogP contribution < -0.4 is 5.32 Å². The summed E-state index contributed by atoms with van der Waals surface area (Å²) < 4.78 is 1.27. The highest BCUT2D eigenvalue weighted by Crippen LogP contribution is 2.29. The van der Waals surface area contributed by atoms with E-state index < -0.39 is 0 Å². The molecule has 108 valence electrons. The van der Waals surface area contributed by atoms with Gasteiger partial charge in [-0.25, -0.2) is 0 Å². The minimum atomic E-state index is 0.650. The minimum absolute atomic E-state index is 0.650. The SMILES string of the molecule is CCCNC1CCN(Cc2sccc2Br)C(C)C1C. The first kappa shape index (κ1) is 15.5. The zero-order valence-corrected chi connectivity index (χ0v) is 14.6. The molecule has 2 heterocycles. The number of hydrogen-bond acceptors (Lipinski definition) is 3. The van der Waals surface area contributed by atoms with Crippen LogP contribution in [0.2, 0.25) is 0 Å². The molecule has 1 N–H and O–H groups in total. The summed E-state index contributed by atoms with van der Waals surface area (Å²) in [4.78, 5) is 4.09. The molecule has 3 atom stereocenters. The van der Waals surface area contributed by atoms with Crippen molar-refractivity contribution in [3.05, 3.63) is 20.8 Å². The van der Waals surface area contributed by atoms with Gasteiger partial charge in [-0.15, -0.1) is 11.3 Å². The third-order valence-electron chi connectivity index (χ3n) is 4.39. The van der Waals surface area contributed by atoms with Crippen LogP contribution >= 0.6 is 27.3 Å². The molecule has 0 aromatic carbocycles. The van der Waals surface area contributed by atoms with E-state index in [1.54, 1.807) is 0 Å². The van der Waals surface area contributed by atoms with Crippen LogP contribution in [0.1, 0.15) is 38.5 Å². The Labute approximate surface area is 129 Å². The number of thiophene rings is 1. The van der Waals surface area contributed by atoms with E-state index in [-0.39, 0.29) is 0 Å². The van der Waals surface area contributed by atoms with Crippen LogP contribution in [0.3, 0.4) is 0 Å². The lowest BCUT2D eigenvalue weighted by Gasteiger charge is -2.43. The van der Waals surface area contributed by atoms with Gasteiger partial charge in [0.05, 0.1) is 0 Å². The molecule has 3 unspecified atom stereocenters. The van der Waals surface area contributed by atoms with Crippen LogP contribution in [0.15, 0.2) is 15.9 Å². The van der Waals surface area contributed by atoms with E-state index in [2.05, 4.69) is 58.4 Å². The summed E-state index contributed by atoms with van der Waals surface area (Å²) in [5.41, 5.74) is 0. The fourth-order valence-corrected chi connectivity index (χ4v) is 4.41. The Bertz CT molecular complexity index is 393. The third kappa shape index (κ3) is 3.81. The zero-order chi connectivity index (χ0) is 13.8. The van der Waals surface area contributed by atoms with Crippen molar-refractivity contribution < 1.29 is 0 Å². The van der Waals surface area contributed by atoms with E-state index in [0.29, 0.717) is 12.1 Å². The largest absolute Gasteiger partial charge is 0.314 e. The van der Waals surface area contributed by atoms with Gasteiger partial charge in [-0.05, 0) is 59.6 Å². The molecule has 0 amide bonds. The Morgan fingerprint density at radius 1 is 1.47 bits per heavy atom. The summed E-state index contributed by atoms with van der Waals surface area (Å²) in [5.74, 6) is 0.721. The van der Waals surface area contributed by atoms with Gasteiger partial charge in [0.1, 0.15) is 0 Å². The molecule has 0 spiro atoms. The molecule has 0 bridgehead atoms. The predicted molar refractivity (Wildman–Crippen MR) is 87.8 cm³/mol. The summed E-state index contributed by atoms with van der Waals surface area (Å²) in [6.45, 7) is 10.5. The van der Waals surface area contributed by atoms with Crippen molar-refractivity contribution in [2.75, 3.05) is 13.1 Å². The minimum Gasteiger partial charge on any atom is -0.314 e. The van der Waals surface area contributed by atoms with Crippen LogP contribution in [-0.4, -0.2) is 30.1 Å². The fourth-order valence-electron chi connectivity index (χ4n) is 2.90. The molecule has 1 aromatic rings. The van der Waals surface area contributed by atoms with Gasteiger partial charge in [-0.1, -0.05) is 13.8 Å². The van der Waals surface area contributed by atoms with Crippen molar-refractivity contribution >= 4 is 27.3 Å². The van der Waals surface area contributed by atoms with E-state index in [1.807, 2.05) is 11.3 Å². The summed E-state index contributed by atoms with van der Waals surface area (Å²) >= 11 is 5.50. The van der Waals surface area contributed by atoms with Crippen molar-refractivity contribution in [1.82, 2.24) is 10.2 Å². The van der Waals surface area contributed by atoms with Gasteiger partial charge in [0.2, 0.25) is 0 Å². The van der Waals surface area contributed by atoms with E-state index in [1.165, 1.54) is 28.7 Å². The quantitative estimate of drug-likeness (QED) is 0.864. The topological polar surface area (TPSA) is 15.3 Å². The molecule has 1 aliphatic heterocycles. The normalized spacial score (nSPS) is 28.7. The van der Waals surface area contributed by atoms with Crippen molar-refractivity contribution in [1.29, 1.82) is 0 Å². The molecule has 2 rings (SSSR count). The molecule has 1 saturated heterocycles. The average molecular weight is 345 g/mol. The first-order chi connectivity index (χ1) is 9.13. The molecule has 2 nitrogen and oxygen atoms in total. The Morgan fingerprint density at radius 2 is 2.26 bits per heavy atom. The molecule has 1 aromatic heterocycles. The van der Waals surface area contributed by atoms with Crippen LogP contribution in [0.25, 0.3) is 0 Å². The Hall–Kier alpha value is 0.100. The van der Waals surface area contributed by atoms with Crippen molar-refractivity contribution in [2.45, 2.75) is 52.2 Å². The second-order valence-electron chi connectivity index (χ2n) is 5.61. The van der Waals surface area contributed by atoms with Crippen molar-refractivity contribution in [3.8, 4) is 0 Å². The van der Waals surface area contributed by atoms with Gasteiger partial charge < -0.3 is 5.32 Å². The standard InChI is InChI=1S/C15H25BrN2S/c1-4-7-17-14-5-8-18(12(3)11(14)2)10-15-13(16)6-9-19-15/h6,9,11-12,14,17H,4-5,7-8,10H2,1-3H3. The molecular weight excluding hydrogens is 320 g/mol. The second kappa shape index (κ2) is 7.21. The van der Waals surface area contributed by atoms with Gasteiger partial charge in [-0.2, -0.15) is 0 Å². The highest BCUT2D eigenvalue weighted by atomic mass is 79.9. The van der Waals surface area contributed by atoms with Gasteiger partial charge in [0, 0.05) is 34.5 Å². The highest BCUT2D eigenvalue weighted by Gasteiger charge is 2.32. The molecule has 1 fully saturated rings. The van der Waals surface area contributed by atoms with E-state index in [4.69, 9.17) is 0 Å². The maximum absolute atomic E-state index is 3.71. The first-order valence-corrected chi connectivity index (χ1v) is 9.00. The summed E-state index contributed by atoms with van der Waals surface area (Å²) in [5, 5.41) is 5.88. The molecule has 4 heteroatoms. The second-order valence-corrected chi connectivity index (χ2v) is 7.47. The van der Waals surface area contributed by atoms with E-state index >= 15 is 0 Å². The average Bonchev–Trinajstić information content (AvgIpc) is 2.80. The van der Waals surface area contributed by atoms with Gasteiger partial charge >= 0.3 is 0 Å². The maximum atomic E-state index is 3.71. The lowest BCUT2D eigenvalue weighted by Crippen LogP contribution is -2.53. The van der Waals surface area contributed by atoms with E-state index in [0.717, 1.165) is 19.0 Å². The van der Waals surface area contributed by atoms with Crippen LogP contribution in [0, 0.1) is 5.92 Å². The molecule has 19 heavy (non-hydrogen) atoms. The number of nitrogens with one attached hydrogen (secondary N) is 1. The molecule has 1 aliphatic rings. The van der Waals surface area contributed by atoms with Crippen LogP contribution in [0.5, 0.6) is 0 Å². The van der Waals surface area contributed by atoms with Crippen LogP contribution in [0.4, 0.5) is 0 Å². The van der Waals surface area contributed by atoms with Gasteiger partial charge in [0.15, 0.2) is 0 Å². The van der Waals surface area contributed by atoms with Crippen molar-refractivity contribution in [3.63, 3.8) is 0 Å². The summed E-state index contributed by atoms with van der Waals surface area (Å²) in [6, 6.07) is 3.50. The number of halogens is 1. The third-order valence-corrected chi connectivity index (χ3v) is 6.30. The maximum Gasteiger partial charge on any atom is 0.0342 e. The molecule has 0 saturated carbocycles.